The monoisotopic (exact) mass is 349 g/mol. The Labute approximate surface area is 88.4 Å². The van der Waals surface area contributed by atoms with Crippen molar-refractivity contribution in [3.8, 4) is 0 Å². The van der Waals surface area contributed by atoms with E-state index in [9.17, 15) is 0 Å². The summed E-state index contributed by atoms with van der Waals surface area (Å²) in [5.41, 5.74) is 1.96. The van der Waals surface area contributed by atoms with Gasteiger partial charge in [-0.05, 0) is 5.52 Å². The molecule has 3 rings (SSSR count). The first kappa shape index (κ1) is 8.48. The van der Waals surface area contributed by atoms with Crippen LogP contribution in [0.25, 0.3) is 11.2 Å². The summed E-state index contributed by atoms with van der Waals surface area (Å²) in [5.74, 6) is 0. The third kappa shape index (κ3) is 1.10. The van der Waals surface area contributed by atoms with Gasteiger partial charge in [0.15, 0.2) is 0 Å². The molecule has 0 N–H and O–H groups in total. The molecule has 13 heavy (non-hydrogen) atoms. The van der Waals surface area contributed by atoms with E-state index in [1.165, 1.54) is 0 Å². The number of hydrogen-bond donors (Lipinski definition) is 0. The molecule has 0 aliphatic heterocycles. The molecule has 3 aromatic rings. The van der Waals surface area contributed by atoms with E-state index in [4.69, 9.17) is 0 Å². The molecular formula is C9H6IrN3-. The number of fused-ring (bicyclic) bond motifs is 3. The molecule has 0 unspecified atom stereocenters. The van der Waals surface area contributed by atoms with Crippen LogP contribution in [-0.2, 0) is 20.1 Å². The molecule has 0 amide bonds. The van der Waals surface area contributed by atoms with Crippen molar-refractivity contribution >= 4 is 11.2 Å². The predicted octanol–water partition coefficient (Wildman–Crippen LogP) is 1.38. The van der Waals surface area contributed by atoms with E-state index >= 15 is 0 Å². The van der Waals surface area contributed by atoms with Gasteiger partial charge < -0.3 is 8.80 Å². The standard InChI is InChI=1S/C9H6N3.Ir/c1-2-8-9-10-3-5-12(9)7-6-11(8)4-1;/h1,3-7H;/q-1;. The van der Waals surface area contributed by atoms with Crippen LogP contribution in [0, 0.1) is 6.07 Å². The van der Waals surface area contributed by atoms with Crippen LogP contribution < -0.4 is 0 Å². The summed E-state index contributed by atoms with van der Waals surface area (Å²) in [6.45, 7) is 0. The molecule has 1 radical (unpaired) electrons. The van der Waals surface area contributed by atoms with Crippen molar-refractivity contribution in [1.29, 1.82) is 0 Å². The summed E-state index contributed by atoms with van der Waals surface area (Å²) >= 11 is 0. The van der Waals surface area contributed by atoms with Gasteiger partial charge in [-0.3, -0.25) is 4.98 Å². The van der Waals surface area contributed by atoms with Crippen molar-refractivity contribution in [1.82, 2.24) is 13.8 Å². The van der Waals surface area contributed by atoms with Gasteiger partial charge in [0.25, 0.3) is 0 Å². The van der Waals surface area contributed by atoms with Crippen molar-refractivity contribution in [3.05, 3.63) is 43.1 Å². The molecule has 0 aliphatic rings. The van der Waals surface area contributed by atoms with Crippen LogP contribution >= 0.6 is 0 Å². The Morgan fingerprint density at radius 3 is 2.85 bits per heavy atom. The molecule has 0 spiro atoms. The minimum atomic E-state index is 0. The summed E-state index contributed by atoms with van der Waals surface area (Å²) in [7, 11) is 0. The summed E-state index contributed by atoms with van der Waals surface area (Å²) in [5, 5.41) is 0. The second kappa shape index (κ2) is 2.98. The van der Waals surface area contributed by atoms with E-state index in [1.54, 1.807) is 6.20 Å². The third-order valence-electron chi connectivity index (χ3n) is 1.98. The van der Waals surface area contributed by atoms with Crippen LogP contribution in [0.15, 0.2) is 37.1 Å². The minimum absolute atomic E-state index is 0. The topological polar surface area (TPSA) is 21.7 Å². The predicted molar refractivity (Wildman–Crippen MR) is 45.0 cm³/mol. The first-order chi connectivity index (χ1) is 5.95. The average molecular weight is 348 g/mol. The number of aromatic nitrogens is 3. The maximum absolute atomic E-state index is 4.23. The molecule has 67 valence electrons. The minimum Gasteiger partial charge on any atom is -0.395 e. The quantitative estimate of drug-likeness (QED) is 0.563. The van der Waals surface area contributed by atoms with Crippen LogP contribution in [0.1, 0.15) is 0 Å². The van der Waals surface area contributed by atoms with Crippen LogP contribution in [0.4, 0.5) is 0 Å². The van der Waals surface area contributed by atoms with Crippen molar-refractivity contribution in [3.63, 3.8) is 0 Å². The molecule has 0 saturated carbocycles. The first-order valence-electron chi connectivity index (χ1n) is 3.75. The zero-order valence-corrected chi connectivity index (χ0v) is 9.03. The largest absolute Gasteiger partial charge is 0.395 e. The molecule has 0 bridgehead atoms. The number of rotatable bonds is 0. The van der Waals surface area contributed by atoms with Crippen LogP contribution in [-0.4, -0.2) is 13.8 Å². The Bertz CT molecular complexity index is 488. The third-order valence-corrected chi connectivity index (χ3v) is 1.98. The molecule has 0 fully saturated rings. The fraction of sp³-hybridized carbons (Fsp3) is 0. The van der Waals surface area contributed by atoms with E-state index in [0.717, 1.165) is 11.2 Å². The van der Waals surface area contributed by atoms with Gasteiger partial charge in [-0.25, -0.2) is 0 Å². The maximum Gasteiger partial charge on any atom is 0.0582 e. The summed E-state index contributed by atoms with van der Waals surface area (Å²) in [6, 6.07) is 5.02. The Morgan fingerprint density at radius 2 is 1.92 bits per heavy atom. The number of nitrogens with zero attached hydrogens (tertiary/aromatic N) is 3. The Balaban J connectivity index is 0.000000653. The molecular weight excluding hydrogens is 342 g/mol. The van der Waals surface area contributed by atoms with Crippen molar-refractivity contribution in [2.75, 3.05) is 0 Å². The molecule has 0 saturated heterocycles. The van der Waals surface area contributed by atoms with Crippen LogP contribution in [0.2, 0.25) is 0 Å². The van der Waals surface area contributed by atoms with Gasteiger partial charge in [0.05, 0.1) is 5.65 Å². The Morgan fingerprint density at radius 1 is 1.08 bits per heavy atom. The molecule has 4 heteroatoms. The maximum atomic E-state index is 4.23. The van der Waals surface area contributed by atoms with E-state index in [2.05, 4.69) is 11.1 Å². The van der Waals surface area contributed by atoms with Crippen molar-refractivity contribution in [2.45, 2.75) is 0 Å². The van der Waals surface area contributed by atoms with Gasteiger partial charge in [0.2, 0.25) is 0 Å². The molecule has 3 heterocycles. The smallest absolute Gasteiger partial charge is 0.0582 e. The summed E-state index contributed by atoms with van der Waals surface area (Å²) in [4.78, 5) is 4.23. The second-order valence-corrected chi connectivity index (χ2v) is 2.67. The molecule has 0 aromatic carbocycles. The fourth-order valence-electron chi connectivity index (χ4n) is 1.41. The van der Waals surface area contributed by atoms with Gasteiger partial charge in [0.1, 0.15) is 0 Å². The van der Waals surface area contributed by atoms with Gasteiger partial charge in [-0.1, -0.05) is 6.20 Å². The van der Waals surface area contributed by atoms with Crippen LogP contribution in [0.3, 0.4) is 0 Å². The average Bonchev–Trinajstić information content (AvgIpc) is 2.71. The fourth-order valence-corrected chi connectivity index (χ4v) is 1.41. The Kier molecular flexibility index (Phi) is 1.94. The zero-order valence-electron chi connectivity index (χ0n) is 6.64. The zero-order chi connectivity index (χ0) is 7.97. The van der Waals surface area contributed by atoms with Gasteiger partial charge in [-0.15, -0.1) is 0 Å². The van der Waals surface area contributed by atoms with Crippen LogP contribution in [0.5, 0.6) is 0 Å². The van der Waals surface area contributed by atoms with Gasteiger partial charge in [-0.2, -0.15) is 12.1 Å². The normalized spacial score (nSPS) is 10.5. The summed E-state index contributed by atoms with van der Waals surface area (Å²) in [6.07, 6.45) is 9.64. The molecule has 0 atom stereocenters. The van der Waals surface area contributed by atoms with Gasteiger partial charge >= 0.3 is 0 Å². The van der Waals surface area contributed by atoms with E-state index in [0.29, 0.717) is 0 Å². The molecule has 0 aliphatic carbocycles. The summed E-state index contributed by atoms with van der Waals surface area (Å²) < 4.78 is 3.98. The molecule has 3 aromatic heterocycles. The van der Waals surface area contributed by atoms with E-state index in [-0.39, 0.29) is 20.1 Å². The first-order valence-corrected chi connectivity index (χ1v) is 3.75. The van der Waals surface area contributed by atoms with E-state index < -0.39 is 0 Å². The number of imidazole rings is 1. The van der Waals surface area contributed by atoms with E-state index in [1.807, 2.05) is 39.7 Å². The second-order valence-electron chi connectivity index (χ2n) is 2.67. The van der Waals surface area contributed by atoms with Crippen molar-refractivity contribution in [2.24, 2.45) is 0 Å². The SMILES string of the molecule is [Ir].[c-]1ccn2ccn3ccnc3c12. The number of hydrogen-bond acceptors (Lipinski definition) is 1. The Hall–Kier alpha value is -1.12. The molecule has 3 nitrogen and oxygen atoms in total. The van der Waals surface area contributed by atoms with Crippen molar-refractivity contribution < 1.29 is 20.1 Å². The van der Waals surface area contributed by atoms with Gasteiger partial charge in [0, 0.05) is 44.9 Å².